The number of methoxy groups -OCH3 is 1. The molecular formula is C17H16N2O4. The van der Waals surface area contributed by atoms with E-state index in [1.54, 1.807) is 25.3 Å². The molecule has 2 aromatic rings. The molecular weight excluding hydrogens is 296 g/mol. The maximum absolute atomic E-state index is 11.8. The molecule has 0 aliphatic heterocycles. The summed E-state index contributed by atoms with van der Waals surface area (Å²) in [5.41, 5.74) is 1.28. The first-order chi connectivity index (χ1) is 11.1. The van der Waals surface area contributed by atoms with Gasteiger partial charge in [-0.25, -0.2) is 0 Å². The number of carbonyl (C=O) groups is 1. The number of hydrogen-bond donors (Lipinski definition) is 1. The molecule has 2 rings (SSSR count). The molecule has 2 aromatic carbocycles. The summed E-state index contributed by atoms with van der Waals surface area (Å²) in [5.74, 6) is 0.426. The Morgan fingerprint density at radius 2 is 1.91 bits per heavy atom. The number of hydrogen-bond acceptors (Lipinski definition) is 4. The molecule has 0 heterocycles. The number of nitro benzene ring substituents is 1. The maximum atomic E-state index is 11.8. The predicted molar refractivity (Wildman–Crippen MR) is 87.0 cm³/mol. The minimum atomic E-state index is -0.477. The largest absolute Gasteiger partial charge is 0.497 e. The van der Waals surface area contributed by atoms with Gasteiger partial charge in [-0.2, -0.15) is 0 Å². The van der Waals surface area contributed by atoms with E-state index in [0.29, 0.717) is 12.1 Å². The second kappa shape index (κ2) is 7.74. The van der Waals surface area contributed by atoms with Gasteiger partial charge in [0.15, 0.2) is 0 Å². The van der Waals surface area contributed by atoms with Gasteiger partial charge in [-0.3, -0.25) is 14.9 Å². The van der Waals surface area contributed by atoms with Gasteiger partial charge >= 0.3 is 0 Å². The Balaban J connectivity index is 1.95. The van der Waals surface area contributed by atoms with Crippen molar-refractivity contribution in [3.8, 4) is 5.75 Å². The van der Waals surface area contributed by atoms with Crippen LogP contribution in [-0.4, -0.2) is 17.9 Å². The summed E-state index contributed by atoms with van der Waals surface area (Å²) in [6.07, 6.45) is 2.72. The first kappa shape index (κ1) is 16.2. The summed E-state index contributed by atoms with van der Waals surface area (Å²) < 4.78 is 5.06. The van der Waals surface area contributed by atoms with Crippen molar-refractivity contribution in [3.05, 3.63) is 75.8 Å². The molecule has 0 aliphatic carbocycles. The second-order valence-electron chi connectivity index (χ2n) is 4.72. The number of nitrogens with zero attached hydrogens (tertiary/aromatic N) is 1. The van der Waals surface area contributed by atoms with E-state index in [9.17, 15) is 14.9 Å². The number of carbonyl (C=O) groups excluding carboxylic acids is 1. The average Bonchev–Trinajstić information content (AvgIpc) is 2.58. The van der Waals surface area contributed by atoms with Crippen LogP contribution in [0.3, 0.4) is 0 Å². The van der Waals surface area contributed by atoms with Crippen LogP contribution in [0.2, 0.25) is 0 Å². The fourth-order valence-electron chi connectivity index (χ4n) is 1.95. The molecule has 0 aliphatic rings. The van der Waals surface area contributed by atoms with E-state index in [1.165, 1.54) is 18.2 Å². The molecule has 0 bridgehead atoms. The van der Waals surface area contributed by atoms with E-state index in [0.717, 1.165) is 11.3 Å². The molecule has 0 atom stereocenters. The summed E-state index contributed by atoms with van der Waals surface area (Å²) in [4.78, 5) is 22.2. The highest BCUT2D eigenvalue weighted by Crippen LogP contribution is 2.18. The summed E-state index contributed by atoms with van der Waals surface area (Å²) in [6.45, 7) is 0.365. The van der Waals surface area contributed by atoms with E-state index in [2.05, 4.69) is 5.32 Å². The van der Waals surface area contributed by atoms with Gasteiger partial charge in [-0.05, 0) is 29.8 Å². The lowest BCUT2D eigenvalue weighted by molar-refractivity contribution is -0.385. The monoisotopic (exact) mass is 312 g/mol. The molecule has 0 fully saturated rings. The normalized spacial score (nSPS) is 10.5. The Morgan fingerprint density at radius 1 is 1.22 bits per heavy atom. The Kier molecular flexibility index (Phi) is 5.46. The molecule has 1 N–H and O–H groups in total. The zero-order chi connectivity index (χ0) is 16.7. The van der Waals surface area contributed by atoms with Crippen molar-refractivity contribution in [2.24, 2.45) is 0 Å². The quantitative estimate of drug-likeness (QED) is 0.505. The SMILES string of the molecule is COc1ccc(CNC(=O)C=Cc2ccccc2[N+](=O)[O-])cc1. The number of amides is 1. The van der Waals surface area contributed by atoms with Crippen molar-refractivity contribution in [2.75, 3.05) is 7.11 Å². The van der Waals surface area contributed by atoms with Crippen LogP contribution in [0.15, 0.2) is 54.6 Å². The van der Waals surface area contributed by atoms with Gasteiger partial charge in [-0.1, -0.05) is 24.3 Å². The highest BCUT2D eigenvalue weighted by Gasteiger charge is 2.09. The van der Waals surface area contributed by atoms with E-state index >= 15 is 0 Å². The van der Waals surface area contributed by atoms with Gasteiger partial charge in [0.1, 0.15) is 5.75 Å². The van der Waals surface area contributed by atoms with Crippen LogP contribution < -0.4 is 10.1 Å². The highest BCUT2D eigenvalue weighted by atomic mass is 16.6. The standard InChI is InChI=1S/C17H16N2O4/c1-23-15-9-6-13(7-10-15)12-18-17(20)11-8-14-4-2-3-5-16(14)19(21)22/h2-11H,12H2,1H3,(H,18,20). The smallest absolute Gasteiger partial charge is 0.276 e. The van der Waals surface area contributed by atoms with E-state index in [4.69, 9.17) is 4.74 Å². The van der Waals surface area contributed by atoms with E-state index in [1.807, 2.05) is 24.3 Å². The molecule has 0 unspecified atom stereocenters. The minimum Gasteiger partial charge on any atom is -0.497 e. The van der Waals surface area contributed by atoms with Gasteiger partial charge in [0.05, 0.1) is 17.6 Å². The van der Waals surface area contributed by atoms with Gasteiger partial charge in [0.2, 0.25) is 5.91 Å². The summed E-state index contributed by atoms with van der Waals surface area (Å²) >= 11 is 0. The Hall–Kier alpha value is -3.15. The summed E-state index contributed by atoms with van der Waals surface area (Å²) in [5, 5.41) is 13.6. The molecule has 0 saturated carbocycles. The molecule has 23 heavy (non-hydrogen) atoms. The number of ether oxygens (including phenoxy) is 1. The zero-order valence-corrected chi connectivity index (χ0v) is 12.6. The Bertz CT molecular complexity index is 724. The fourth-order valence-corrected chi connectivity index (χ4v) is 1.95. The van der Waals surface area contributed by atoms with Gasteiger partial charge in [0.25, 0.3) is 5.69 Å². The fraction of sp³-hybridized carbons (Fsp3) is 0.118. The number of rotatable bonds is 6. The lowest BCUT2D eigenvalue weighted by Crippen LogP contribution is -2.20. The number of benzene rings is 2. The first-order valence-electron chi connectivity index (χ1n) is 6.92. The Morgan fingerprint density at radius 3 is 2.57 bits per heavy atom. The second-order valence-corrected chi connectivity index (χ2v) is 4.72. The van der Waals surface area contributed by atoms with E-state index in [-0.39, 0.29) is 11.6 Å². The summed E-state index contributed by atoms with van der Waals surface area (Å²) in [7, 11) is 1.59. The van der Waals surface area contributed by atoms with Crippen molar-refractivity contribution in [1.29, 1.82) is 0 Å². The van der Waals surface area contributed by atoms with Crippen molar-refractivity contribution in [2.45, 2.75) is 6.54 Å². The zero-order valence-electron chi connectivity index (χ0n) is 12.6. The molecule has 6 nitrogen and oxygen atoms in total. The topological polar surface area (TPSA) is 81.5 Å². The lowest BCUT2D eigenvalue weighted by Gasteiger charge is -2.04. The van der Waals surface area contributed by atoms with Gasteiger partial charge in [0, 0.05) is 18.7 Å². The number of para-hydroxylation sites is 1. The maximum Gasteiger partial charge on any atom is 0.276 e. The Labute approximate surface area is 133 Å². The first-order valence-corrected chi connectivity index (χ1v) is 6.92. The van der Waals surface area contributed by atoms with Crippen LogP contribution in [0, 0.1) is 10.1 Å². The van der Waals surface area contributed by atoms with Crippen LogP contribution >= 0.6 is 0 Å². The molecule has 0 radical (unpaired) electrons. The molecule has 0 aromatic heterocycles. The third kappa shape index (κ3) is 4.67. The van der Waals surface area contributed by atoms with Gasteiger partial charge < -0.3 is 10.1 Å². The third-order valence-electron chi connectivity index (χ3n) is 3.17. The molecule has 0 saturated heterocycles. The van der Waals surface area contributed by atoms with Crippen molar-refractivity contribution in [3.63, 3.8) is 0 Å². The highest BCUT2D eigenvalue weighted by molar-refractivity contribution is 5.92. The minimum absolute atomic E-state index is 0.0355. The van der Waals surface area contributed by atoms with Gasteiger partial charge in [-0.15, -0.1) is 0 Å². The van der Waals surface area contributed by atoms with Crippen LogP contribution in [0.25, 0.3) is 6.08 Å². The lowest BCUT2D eigenvalue weighted by atomic mass is 10.1. The molecule has 0 spiro atoms. The van der Waals surface area contributed by atoms with Crippen LogP contribution in [0.1, 0.15) is 11.1 Å². The molecule has 1 amide bonds. The van der Waals surface area contributed by atoms with Crippen molar-refractivity contribution < 1.29 is 14.5 Å². The predicted octanol–water partition coefficient (Wildman–Crippen LogP) is 2.93. The third-order valence-corrected chi connectivity index (χ3v) is 3.17. The van der Waals surface area contributed by atoms with Crippen LogP contribution in [-0.2, 0) is 11.3 Å². The number of nitro groups is 1. The average molecular weight is 312 g/mol. The summed E-state index contributed by atoms with van der Waals surface area (Å²) in [6, 6.07) is 13.6. The molecule has 118 valence electrons. The molecule has 6 heteroatoms. The van der Waals surface area contributed by atoms with Crippen molar-refractivity contribution >= 4 is 17.7 Å². The van der Waals surface area contributed by atoms with Crippen LogP contribution in [0.5, 0.6) is 5.75 Å². The van der Waals surface area contributed by atoms with E-state index < -0.39 is 4.92 Å². The number of nitrogens with one attached hydrogen (secondary N) is 1. The van der Waals surface area contributed by atoms with Crippen LogP contribution in [0.4, 0.5) is 5.69 Å². The van der Waals surface area contributed by atoms with Crippen molar-refractivity contribution in [1.82, 2.24) is 5.32 Å².